The molecule has 2 aliphatic carbocycles. The maximum Gasteiger partial charge on any atom is 0.325 e. The molecular formula is C13H23NO3. The number of carbonyl (C=O) groups is 1. The molecule has 17 heavy (non-hydrogen) atoms. The van der Waals surface area contributed by atoms with Gasteiger partial charge in [0, 0.05) is 5.41 Å². The van der Waals surface area contributed by atoms with E-state index in [1.807, 2.05) is 0 Å². The lowest BCUT2D eigenvalue weighted by molar-refractivity contribution is -0.159. The van der Waals surface area contributed by atoms with E-state index in [4.69, 9.17) is 15.6 Å². The Morgan fingerprint density at radius 3 is 2.59 bits per heavy atom. The Morgan fingerprint density at radius 2 is 2.18 bits per heavy atom. The first-order chi connectivity index (χ1) is 7.83. The van der Waals surface area contributed by atoms with Crippen LogP contribution in [0.25, 0.3) is 0 Å². The summed E-state index contributed by atoms with van der Waals surface area (Å²) in [5.41, 5.74) is 5.76. The van der Waals surface area contributed by atoms with E-state index in [0.717, 1.165) is 12.8 Å². The fourth-order valence-electron chi connectivity index (χ4n) is 3.61. The summed E-state index contributed by atoms with van der Waals surface area (Å²) in [5.74, 6) is 0.165. The third kappa shape index (κ3) is 1.69. The summed E-state index contributed by atoms with van der Waals surface area (Å²) in [4.78, 5) is 11.7. The number of esters is 1. The topological polar surface area (TPSA) is 72.5 Å². The average molecular weight is 241 g/mol. The molecule has 0 spiro atoms. The van der Waals surface area contributed by atoms with Crippen LogP contribution in [-0.2, 0) is 9.53 Å². The van der Waals surface area contributed by atoms with Crippen LogP contribution in [0.1, 0.15) is 40.0 Å². The van der Waals surface area contributed by atoms with Crippen molar-refractivity contribution >= 4 is 5.97 Å². The van der Waals surface area contributed by atoms with E-state index in [0.29, 0.717) is 5.92 Å². The smallest absolute Gasteiger partial charge is 0.325 e. The second kappa shape index (κ2) is 3.95. The van der Waals surface area contributed by atoms with Crippen molar-refractivity contribution in [2.75, 3.05) is 6.61 Å². The number of nitrogens with two attached hydrogens (primary N) is 1. The number of aliphatic hydroxyl groups excluding tert-OH is 1. The number of hydrogen-bond acceptors (Lipinski definition) is 4. The van der Waals surface area contributed by atoms with Gasteiger partial charge in [0.05, 0.1) is 6.61 Å². The zero-order valence-electron chi connectivity index (χ0n) is 10.9. The van der Waals surface area contributed by atoms with Crippen LogP contribution in [-0.4, -0.2) is 29.8 Å². The number of ether oxygens (including phenoxy) is 1. The highest BCUT2D eigenvalue weighted by molar-refractivity contribution is 5.75. The zero-order valence-corrected chi connectivity index (χ0v) is 10.9. The van der Waals surface area contributed by atoms with Crippen molar-refractivity contribution in [2.24, 2.45) is 22.5 Å². The van der Waals surface area contributed by atoms with E-state index in [9.17, 15) is 4.79 Å². The van der Waals surface area contributed by atoms with Gasteiger partial charge < -0.3 is 15.6 Å². The second-order valence-electron chi connectivity index (χ2n) is 6.33. The molecule has 4 nitrogen and oxygen atoms in total. The Balaban J connectivity index is 2.08. The molecular weight excluding hydrogens is 218 g/mol. The third-order valence-corrected chi connectivity index (χ3v) is 5.47. The quantitative estimate of drug-likeness (QED) is 0.725. The first-order valence-corrected chi connectivity index (χ1v) is 6.40. The lowest BCUT2D eigenvalue weighted by Crippen LogP contribution is -2.43. The van der Waals surface area contributed by atoms with Crippen molar-refractivity contribution in [2.45, 2.75) is 52.2 Å². The van der Waals surface area contributed by atoms with Gasteiger partial charge >= 0.3 is 5.97 Å². The van der Waals surface area contributed by atoms with Crippen LogP contribution < -0.4 is 5.73 Å². The first kappa shape index (κ1) is 12.8. The number of aliphatic hydroxyl groups is 1. The number of hydrogen-bond donors (Lipinski definition) is 2. The van der Waals surface area contributed by atoms with Crippen molar-refractivity contribution in [3.05, 3.63) is 0 Å². The summed E-state index contributed by atoms with van der Waals surface area (Å²) < 4.78 is 5.51. The molecule has 4 atom stereocenters. The molecule has 0 aromatic carbocycles. The fraction of sp³-hybridized carbons (Fsp3) is 0.923. The second-order valence-corrected chi connectivity index (χ2v) is 6.33. The van der Waals surface area contributed by atoms with E-state index in [-0.39, 0.29) is 23.5 Å². The maximum absolute atomic E-state index is 11.7. The molecule has 0 aliphatic heterocycles. The van der Waals surface area contributed by atoms with Crippen molar-refractivity contribution < 1.29 is 14.6 Å². The molecule has 0 saturated heterocycles. The molecule has 98 valence electrons. The molecule has 2 bridgehead atoms. The van der Waals surface area contributed by atoms with Gasteiger partial charge in [0.15, 0.2) is 0 Å². The van der Waals surface area contributed by atoms with Gasteiger partial charge in [-0.3, -0.25) is 4.79 Å². The summed E-state index contributed by atoms with van der Waals surface area (Å²) >= 11 is 0. The van der Waals surface area contributed by atoms with Gasteiger partial charge in [0.25, 0.3) is 0 Å². The highest BCUT2D eigenvalue weighted by atomic mass is 16.5. The summed E-state index contributed by atoms with van der Waals surface area (Å²) in [5, 5.41) is 8.85. The lowest BCUT2D eigenvalue weighted by Gasteiger charge is -2.38. The predicted molar refractivity (Wildman–Crippen MR) is 64.2 cm³/mol. The van der Waals surface area contributed by atoms with Crippen molar-refractivity contribution in [3.8, 4) is 0 Å². The maximum atomic E-state index is 11.7. The van der Waals surface area contributed by atoms with Gasteiger partial charge in [-0.1, -0.05) is 20.8 Å². The highest BCUT2D eigenvalue weighted by Crippen LogP contribution is 2.66. The molecule has 2 fully saturated rings. The molecule has 4 heteroatoms. The van der Waals surface area contributed by atoms with Crippen LogP contribution in [0.3, 0.4) is 0 Å². The molecule has 4 unspecified atom stereocenters. The minimum atomic E-state index is -0.902. The molecule has 2 saturated carbocycles. The first-order valence-electron chi connectivity index (χ1n) is 6.40. The van der Waals surface area contributed by atoms with E-state index in [1.165, 1.54) is 6.42 Å². The van der Waals surface area contributed by atoms with Gasteiger partial charge in [-0.15, -0.1) is 0 Å². The summed E-state index contributed by atoms with van der Waals surface area (Å²) in [6.07, 6.45) is 3.23. The SMILES string of the molecule is CC1(C)C2CCC1(C)C(OC(=O)C(N)CO)C2. The summed E-state index contributed by atoms with van der Waals surface area (Å²) in [6.45, 7) is 6.40. The summed E-state index contributed by atoms with van der Waals surface area (Å²) in [7, 11) is 0. The lowest BCUT2D eigenvalue weighted by atomic mass is 9.70. The molecule has 0 aromatic rings. The van der Waals surface area contributed by atoms with Crippen molar-refractivity contribution in [3.63, 3.8) is 0 Å². The Morgan fingerprint density at radius 1 is 1.53 bits per heavy atom. The number of fused-ring (bicyclic) bond motifs is 2. The molecule has 0 amide bonds. The van der Waals surface area contributed by atoms with Crippen LogP contribution in [0.5, 0.6) is 0 Å². The van der Waals surface area contributed by atoms with Gasteiger partial charge in [-0.2, -0.15) is 0 Å². The average Bonchev–Trinajstić information content (AvgIpc) is 2.60. The van der Waals surface area contributed by atoms with Crippen molar-refractivity contribution in [1.29, 1.82) is 0 Å². The van der Waals surface area contributed by atoms with Crippen LogP contribution in [0.2, 0.25) is 0 Å². The predicted octanol–water partition coefficient (Wildman–Crippen LogP) is 1.06. The fourth-order valence-corrected chi connectivity index (χ4v) is 3.61. The molecule has 0 aromatic heterocycles. The van der Waals surface area contributed by atoms with Crippen LogP contribution in [0.15, 0.2) is 0 Å². The van der Waals surface area contributed by atoms with E-state index in [2.05, 4.69) is 20.8 Å². The van der Waals surface area contributed by atoms with Crippen LogP contribution in [0.4, 0.5) is 0 Å². The summed E-state index contributed by atoms with van der Waals surface area (Å²) in [6, 6.07) is -0.902. The Bertz CT molecular complexity index is 329. The number of carbonyl (C=O) groups excluding carboxylic acids is 1. The molecule has 2 rings (SSSR count). The Hall–Kier alpha value is -0.610. The van der Waals surface area contributed by atoms with E-state index >= 15 is 0 Å². The standard InChI is InChI=1S/C13H23NO3/c1-12(2)8-4-5-13(12,3)10(6-8)17-11(16)9(14)7-15/h8-10,15H,4-7,14H2,1-3H3. The van der Waals surface area contributed by atoms with Gasteiger partial charge in [0.1, 0.15) is 12.1 Å². The third-order valence-electron chi connectivity index (χ3n) is 5.47. The molecule has 0 radical (unpaired) electrons. The molecule has 0 heterocycles. The van der Waals surface area contributed by atoms with E-state index in [1.54, 1.807) is 0 Å². The van der Waals surface area contributed by atoms with E-state index < -0.39 is 12.0 Å². The number of rotatable bonds is 3. The van der Waals surface area contributed by atoms with Gasteiger partial charge in [-0.25, -0.2) is 0 Å². The van der Waals surface area contributed by atoms with Crippen LogP contribution >= 0.6 is 0 Å². The van der Waals surface area contributed by atoms with Crippen LogP contribution in [0, 0.1) is 16.7 Å². The Labute approximate surface area is 103 Å². The monoisotopic (exact) mass is 241 g/mol. The van der Waals surface area contributed by atoms with Crippen molar-refractivity contribution in [1.82, 2.24) is 0 Å². The minimum Gasteiger partial charge on any atom is -0.461 e. The highest BCUT2D eigenvalue weighted by Gasteiger charge is 2.62. The zero-order chi connectivity index (χ0) is 12.8. The molecule has 2 aliphatic rings. The molecule has 3 N–H and O–H groups in total. The van der Waals surface area contributed by atoms with Gasteiger partial charge in [-0.05, 0) is 30.6 Å². The van der Waals surface area contributed by atoms with Gasteiger partial charge in [0.2, 0.25) is 0 Å². The largest absolute Gasteiger partial charge is 0.461 e. The normalized spacial score (nSPS) is 40.3. The minimum absolute atomic E-state index is 0.0404. The Kier molecular flexibility index (Phi) is 2.99.